The predicted molar refractivity (Wildman–Crippen MR) is 78.6 cm³/mol. The first kappa shape index (κ1) is 14.7. The van der Waals surface area contributed by atoms with E-state index in [4.69, 9.17) is 0 Å². The minimum Gasteiger partial charge on any atom is -0.354 e. The van der Waals surface area contributed by atoms with Crippen molar-refractivity contribution in [3.05, 3.63) is 28.2 Å². The maximum atomic E-state index is 12.2. The van der Waals surface area contributed by atoms with E-state index in [1.165, 1.54) is 11.3 Å². The standard InChI is InChI=1S/C14H19N3O2S/c1-9(2)14(19)17-7-5-4-6-10(17)13-16-8-11(20-13)12(18)15-3/h8,10H,1,4-7H2,2-3H3,(H,15,18). The van der Waals surface area contributed by atoms with Crippen molar-refractivity contribution in [3.63, 3.8) is 0 Å². The Morgan fingerprint density at radius 2 is 2.25 bits per heavy atom. The minimum absolute atomic E-state index is 0.0219. The number of nitrogens with zero attached hydrogens (tertiary/aromatic N) is 2. The molecule has 1 aliphatic heterocycles. The van der Waals surface area contributed by atoms with Gasteiger partial charge < -0.3 is 10.2 Å². The molecule has 2 rings (SSSR count). The van der Waals surface area contributed by atoms with Gasteiger partial charge in [-0.1, -0.05) is 6.58 Å². The number of carbonyl (C=O) groups is 2. The fourth-order valence-electron chi connectivity index (χ4n) is 2.35. The molecule has 0 saturated carbocycles. The quantitative estimate of drug-likeness (QED) is 0.868. The number of rotatable bonds is 3. The molecule has 20 heavy (non-hydrogen) atoms. The molecule has 0 aromatic carbocycles. The van der Waals surface area contributed by atoms with Crippen LogP contribution in [0.25, 0.3) is 0 Å². The average Bonchev–Trinajstić information content (AvgIpc) is 2.95. The van der Waals surface area contributed by atoms with Gasteiger partial charge in [-0.3, -0.25) is 9.59 Å². The summed E-state index contributed by atoms with van der Waals surface area (Å²) in [6.45, 7) is 6.19. The van der Waals surface area contributed by atoms with E-state index in [2.05, 4.69) is 16.9 Å². The Balaban J connectivity index is 2.24. The lowest BCUT2D eigenvalue weighted by atomic mass is 10.0. The minimum atomic E-state index is -0.137. The Labute approximate surface area is 122 Å². The maximum Gasteiger partial charge on any atom is 0.262 e. The second-order valence-electron chi connectivity index (χ2n) is 4.93. The number of hydrogen-bond donors (Lipinski definition) is 1. The molecule has 1 aliphatic rings. The van der Waals surface area contributed by atoms with Crippen LogP contribution in [0.5, 0.6) is 0 Å². The number of likely N-dealkylation sites (tertiary alicyclic amines) is 1. The monoisotopic (exact) mass is 293 g/mol. The number of piperidine rings is 1. The van der Waals surface area contributed by atoms with Crippen LogP contribution in [0.4, 0.5) is 0 Å². The van der Waals surface area contributed by atoms with Crippen LogP contribution in [-0.2, 0) is 4.79 Å². The Hall–Kier alpha value is -1.69. The first-order chi connectivity index (χ1) is 9.54. The number of carbonyl (C=O) groups excluding carboxylic acids is 2. The zero-order valence-electron chi connectivity index (χ0n) is 11.8. The summed E-state index contributed by atoms with van der Waals surface area (Å²) >= 11 is 1.36. The molecule has 5 nitrogen and oxygen atoms in total. The van der Waals surface area contributed by atoms with E-state index >= 15 is 0 Å². The van der Waals surface area contributed by atoms with E-state index < -0.39 is 0 Å². The van der Waals surface area contributed by atoms with Crippen LogP contribution in [0.1, 0.15) is 46.9 Å². The van der Waals surface area contributed by atoms with Crippen molar-refractivity contribution in [2.24, 2.45) is 0 Å². The van der Waals surface area contributed by atoms with E-state index in [0.29, 0.717) is 10.5 Å². The van der Waals surface area contributed by atoms with Gasteiger partial charge in [-0.05, 0) is 26.2 Å². The molecular weight excluding hydrogens is 274 g/mol. The third-order valence-corrected chi connectivity index (χ3v) is 4.49. The Kier molecular flexibility index (Phi) is 4.54. The van der Waals surface area contributed by atoms with E-state index in [0.717, 1.165) is 30.8 Å². The summed E-state index contributed by atoms with van der Waals surface area (Å²) in [5.41, 5.74) is 0.542. The molecular formula is C14H19N3O2S. The van der Waals surface area contributed by atoms with Gasteiger partial charge in [-0.25, -0.2) is 4.98 Å². The Bertz CT molecular complexity index is 538. The summed E-state index contributed by atoms with van der Waals surface area (Å²) in [6.07, 6.45) is 4.54. The van der Waals surface area contributed by atoms with Crippen LogP contribution < -0.4 is 5.32 Å². The zero-order valence-corrected chi connectivity index (χ0v) is 12.6. The molecule has 6 heteroatoms. The molecule has 2 heterocycles. The molecule has 1 atom stereocenters. The summed E-state index contributed by atoms with van der Waals surface area (Å²) in [6, 6.07) is -0.0312. The van der Waals surface area contributed by atoms with Gasteiger partial charge in [0.25, 0.3) is 5.91 Å². The van der Waals surface area contributed by atoms with E-state index in [9.17, 15) is 9.59 Å². The van der Waals surface area contributed by atoms with Gasteiger partial charge in [0.05, 0.1) is 12.2 Å². The number of nitrogens with one attached hydrogen (secondary N) is 1. The van der Waals surface area contributed by atoms with Gasteiger partial charge in [-0.15, -0.1) is 11.3 Å². The highest BCUT2D eigenvalue weighted by molar-refractivity contribution is 7.13. The highest BCUT2D eigenvalue weighted by Gasteiger charge is 2.30. The van der Waals surface area contributed by atoms with Crippen LogP contribution >= 0.6 is 11.3 Å². The molecule has 0 aliphatic carbocycles. The smallest absolute Gasteiger partial charge is 0.262 e. The summed E-state index contributed by atoms with van der Waals surface area (Å²) in [4.78, 5) is 30.5. The fraction of sp³-hybridized carbons (Fsp3) is 0.500. The Morgan fingerprint density at radius 3 is 2.90 bits per heavy atom. The SMILES string of the molecule is C=C(C)C(=O)N1CCCCC1c1ncc(C(=O)NC)s1. The van der Waals surface area contributed by atoms with Gasteiger partial charge in [-0.2, -0.15) is 0 Å². The molecule has 1 aromatic rings. The summed E-state index contributed by atoms with van der Waals surface area (Å²) in [5, 5.41) is 3.42. The first-order valence-electron chi connectivity index (χ1n) is 6.69. The largest absolute Gasteiger partial charge is 0.354 e. The molecule has 0 bridgehead atoms. The normalized spacial score (nSPS) is 18.7. The Morgan fingerprint density at radius 1 is 1.50 bits per heavy atom. The van der Waals surface area contributed by atoms with Crippen molar-refractivity contribution < 1.29 is 9.59 Å². The maximum absolute atomic E-state index is 12.2. The number of amides is 2. The van der Waals surface area contributed by atoms with Crippen LogP contribution in [0, 0.1) is 0 Å². The van der Waals surface area contributed by atoms with Gasteiger partial charge in [0.2, 0.25) is 5.91 Å². The van der Waals surface area contributed by atoms with Crippen molar-refractivity contribution in [3.8, 4) is 0 Å². The highest BCUT2D eigenvalue weighted by atomic mass is 32.1. The van der Waals surface area contributed by atoms with Crippen LogP contribution in [0.2, 0.25) is 0 Å². The van der Waals surface area contributed by atoms with E-state index in [1.807, 2.05) is 4.90 Å². The molecule has 1 unspecified atom stereocenters. The topological polar surface area (TPSA) is 62.3 Å². The summed E-state index contributed by atoms with van der Waals surface area (Å²) < 4.78 is 0. The highest BCUT2D eigenvalue weighted by Crippen LogP contribution is 2.34. The van der Waals surface area contributed by atoms with Crippen molar-refractivity contribution in [1.29, 1.82) is 0 Å². The predicted octanol–water partition coefficient (Wildman–Crippen LogP) is 2.13. The van der Waals surface area contributed by atoms with Crippen LogP contribution in [0.15, 0.2) is 18.3 Å². The first-order valence-corrected chi connectivity index (χ1v) is 7.50. The lowest BCUT2D eigenvalue weighted by Crippen LogP contribution is -2.38. The zero-order chi connectivity index (χ0) is 14.7. The molecule has 1 N–H and O–H groups in total. The van der Waals surface area contributed by atoms with Gasteiger partial charge in [0.1, 0.15) is 9.88 Å². The molecule has 2 amide bonds. The van der Waals surface area contributed by atoms with E-state index in [-0.39, 0.29) is 17.9 Å². The van der Waals surface area contributed by atoms with Gasteiger partial charge in [0.15, 0.2) is 0 Å². The van der Waals surface area contributed by atoms with Crippen molar-refractivity contribution >= 4 is 23.2 Å². The summed E-state index contributed by atoms with van der Waals surface area (Å²) in [5.74, 6) is -0.159. The molecule has 0 radical (unpaired) electrons. The lowest BCUT2D eigenvalue weighted by molar-refractivity contribution is -0.130. The molecule has 1 saturated heterocycles. The van der Waals surface area contributed by atoms with Crippen LogP contribution in [0.3, 0.4) is 0 Å². The molecule has 1 aromatic heterocycles. The second-order valence-corrected chi connectivity index (χ2v) is 5.99. The third kappa shape index (κ3) is 2.90. The van der Waals surface area contributed by atoms with E-state index in [1.54, 1.807) is 20.2 Å². The van der Waals surface area contributed by atoms with Gasteiger partial charge in [0, 0.05) is 19.2 Å². The molecule has 0 spiro atoms. The average molecular weight is 293 g/mol. The van der Waals surface area contributed by atoms with Crippen molar-refractivity contribution in [2.75, 3.05) is 13.6 Å². The van der Waals surface area contributed by atoms with Crippen LogP contribution in [-0.4, -0.2) is 35.3 Å². The number of aromatic nitrogens is 1. The number of thiazole rings is 1. The van der Waals surface area contributed by atoms with Gasteiger partial charge >= 0.3 is 0 Å². The van der Waals surface area contributed by atoms with Crippen molar-refractivity contribution in [1.82, 2.24) is 15.2 Å². The fourth-order valence-corrected chi connectivity index (χ4v) is 3.36. The lowest BCUT2D eigenvalue weighted by Gasteiger charge is -2.34. The molecule has 108 valence electrons. The third-order valence-electron chi connectivity index (χ3n) is 3.39. The second kappa shape index (κ2) is 6.17. The van der Waals surface area contributed by atoms with Crippen molar-refractivity contribution in [2.45, 2.75) is 32.2 Å². The summed E-state index contributed by atoms with van der Waals surface area (Å²) in [7, 11) is 1.60. The molecule has 1 fully saturated rings. The number of hydrogen-bond acceptors (Lipinski definition) is 4.